The molecule has 4 saturated carbocycles. The van der Waals surface area contributed by atoms with Gasteiger partial charge in [-0.1, -0.05) is 19.1 Å². The van der Waals surface area contributed by atoms with E-state index in [-0.39, 0.29) is 23.7 Å². The third-order valence-electron chi connectivity index (χ3n) is 8.45. The van der Waals surface area contributed by atoms with Crippen LogP contribution in [0.25, 0.3) is 0 Å². The van der Waals surface area contributed by atoms with Gasteiger partial charge in [0, 0.05) is 12.3 Å². The van der Waals surface area contributed by atoms with E-state index in [0.717, 1.165) is 32.1 Å². The smallest absolute Gasteiger partial charge is 0.263 e. The largest absolute Gasteiger partial charge is 0.360 e. The fourth-order valence-corrected chi connectivity index (χ4v) is 7.06. The van der Waals surface area contributed by atoms with E-state index >= 15 is 0 Å². The van der Waals surface area contributed by atoms with Crippen LogP contribution in [0.3, 0.4) is 0 Å². The van der Waals surface area contributed by atoms with Gasteiger partial charge < -0.3 is 20.1 Å². The number of fused-ring (bicyclic) bond motifs is 4. The second kappa shape index (κ2) is 5.37. The number of hydrogen-bond donors (Lipinski definition) is 5. The van der Waals surface area contributed by atoms with Crippen molar-refractivity contribution in [1.29, 1.82) is 0 Å². The van der Waals surface area contributed by atoms with Crippen LogP contribution < -0.4 is 11.7 Å². The Morgan fingerprint density at radius 3 is 2.38 bits per heavy atom. The van der Waals surface area contributed by atoms with Gasteiger partial charge in [0.25, 0.3) is 11.6 Å². The van der Waals surface area contributed by atoms with Crippen molar-refractivity contribution in [2.45, 2.75) is 69.0 Å². The van der Waals surface area contributed by atoms with Gasteiger partial charge in [-0.05, 0) is 61.7 Å². The fourth-order valence-electron chi connectivity index (χ4n) is 7.06. The molecule has 7 heteroatoms. The lowest BCUT2D eigenvalue weighted by atomic mass is 9.49. The highest BCUT2D eigenvalue weighted by Crippen LogP contribution is 2.71. The van der Waals surface area contributed by atoms with Gasteiger partial charge in [0.1, 0.15) is 5.60 Å². The van der Waals surface area contributed by atoms with Crippen LogP contribution in [0.5, 0.6) is 0 Å². The maximum Gasteiger partial charge on any atom is 0.263 e. The Morgan fingerprint density at radius 2 is 1.69 bits per heavy atom. The molecule has 0 aromatic rings. The summed E-state index contributed by atoms with van der Waals surface area (Å²) < 4.78 is 5.58. The van der Waals surface area contributed by atoms with Crippen LogP contribution in [-0.2, 0) is 9.53 Å². The van der Waals surface area contributed by atoms with Gasteiger partial charge in [0.05, 0.1) is 0 Å². The molecule has 1 heterocycles. The lowest BCUT2D eigenvalue weighted by Crippen LogP contribution is -2.62. The average molecular weight is 366 g/mol. The molecule has 4 aliphatic carbocycles. The summed E-state index contributed by atoms with van der Waals surface area (Å²) in [5.74, 6) is 3.77. The predicted octanol–water partition coefficient (Wildman–Crippen LogP) is 0.325. The summed E-state index contributed by atoms with van der Waals surface area (Å²) in [5.41, 5.74) is 0.693. The third-order valence-corrected chi connectivity index (χ3v) is 8.45. The molecule has 0 aromatic carbocycles. The first-order chi connectivity index (χ1) is 12.2. The van der Waals surface area contributed by atoms with Gasteiger partial charge in [0.2, 0.25) is 5.79 Å². The molecule has 5 rings (SSSR count). The van der Waals surface area contributed by atoms with Crippen LogP contribution in [0.4, 0.5) is 0 Å². The van der Waals surface area contributed by atoms with Gasteiger partial charge >= 0.3 is 0 Å². The molecule has 1 aliphatic heterocycles. The summed E-state index contributed by atoms with van der Waals surface area (Å²) >= 11 is 0. The van der Waals surface area contributed by atoms with E-state index in [9.17, 15) is 20.1 Å². The zero-order valence-electron chi connectivity index (χ0n) is 15.3. The zero-order chi connectivity index (χ0) is 19.1. The number of Topliss-reactive ketones (excluding diaryl/α,β-unsaturated/α-hetero) is 1. The molecule has 7 nitrogen and oxygen atoms in total. The number of hydrogen-bond acceptors (Lipinski definition) is 7. The van der Waals surface area contributed by atoms with E-state index in [1.807, 2.05) is 0 Å². The van der Waals surface area contributed by atoms with Crippen LogP contribution in [0.1, 0.15) is 51.9 Å². The van der Waals surface area contributed by atoms with Crippen LogP contribution in [0, 0.1) is 29.1 Å². The molecule has 146 valence electrons. The second-order valence-electron chi connectivity index (χ2n) is 9.16. The number of carbonyl (C=O) groups is 1. The predicted molar refractivity (Wildman–Crippen MR) is 92.8 cm³/mol. The first-order valence-corrected chi connectivity index (χ1v) is 9.59. The number of aliphatic hydroxyl groups is 3. The molecule has 0 radical (unpaired) electrons. The van der Waals surface area contributed by atoms with Crippen molar-refractivity contribution >= 4 is 5.78 Å². The monoisotopic (exact) mass is 366 g/mol. The summed E-state index contributed by atoms with van der Waals surface area (Å²) in [7, 11) is 0. The highest BCUT2D eigenvalue weighted by Gasteiger charge is 2.85. The van der Waals surface area contributed by atoms with Crippen molar-refractivity contribution < 1.29 is 24.9 Å². The Balaban J connectivity index is 0.000000814. The molecule has 7 unspecified atom stereocenters. The minimum absolute atomic E-state index is 0.0142. The van der Waals surface area contributed by atoms with Crippen LogP contribution in [-0.4, -0.2) is 38.3 Å². The van der Waals surface area contributed by atoms with Gasteiger partial charge in [-0.3, -0.25) is 16.5 Å². The lowest BCUT2D eigenvalue weighted by molar-refractivity contribution is -0.219. The van der Waals surface area contributed by atoms with E-state index in [1.165, 1.54) is 5.57 Å². The van der Waals surface area contributed by atoms with Crippen molar-refractivity contribution in [3.05, 3.63) is 12.2 Å². The Kier molecular flexibility index (Phi) is 3.82. The standard InChI is InChI=1S/C19H26O5.H4N2/c1-10-3-4-13-11-6-8-17-14(12(11)5-7-16(10,13)2)9-18(21,22)15(20)19(17,23)24-17;1-2/h11-14,21-23H,1,3-9H2,2H3;1-2H2. The number of nitrogens with two attached hydrogens (primary N) is 2. The number of epoxide rings is 1. The normalized spacial score (nSPS) is 53.5. The summed E-state index contributed by atoms with van der Waals surface area (Å²) in [5, 5.41) is 30.9. The van der Waals surface area contributed by atoms with Crippen molar-refractivity contribution in [1.82, 2.24) is 0 Å². The molecule has 26 heavy (non-hydrogen) atoms. The summed E-state index contributed by atoms with van der Waals surface area (Å²) in [4.78, 5) is 12.2. The minimum Gasteiger partial charge on any atom is -0.360 e. The lowest BCUT2D eigenvalue weighted by Gasteiger charge is -2.55. The molecule has 7 atom stereocenters. The number of carbonyl (C=O) groups excluding carboxylic acids is 1. The fraction of sp³-hybridized carbons (Fsp3) is 0.842. The highest BCUT2D eigenvalue weighted by atomic mass is 16.8. The Labute approximate surface area is 153 Å². The summed E-state index contributed by atoms with van der Waals surface area (Å²) in [6.45, 7) is 6.64. The molecule has 1 spiro atoms. The topological polar surface area (TPSA) is 142 Å². The molecule has 7 N–H and O–H groups in total. The van der Waals surface area contributed by atoms with E-state index in [0.29, 0.717) is 18.3 Å². The molecule has 0 bridgehead atoms. The van der Waals surface area contributed by atoms with Gasteiger partial charge in [-0.25, -0.2) is 0 Å². The van der Waals surface area contributed by atoms with Crippen molar-refractivity contribution in [2.75, 3.05) is 0 Å². The van der Waals surface area contributed by atoms with Gasteiger partial charge in [0.15, 0.2) is 0 Å². The van der Waals surface area contributed by atoms with Gasteiger partial charge in [-0.15, -0.1) is 0 Å². The van der Waals surface area contributed by atoms with E-state index in [1.54, 1.807) is 0 Å². The second-order valence-corrected chi connectivity index (χ2v) is 9.16. The first kappa shape index (κ1) is 18.5. The van der Waals surface area contributed by atoms with Crippen LogP contribution >= 0.6 is 0 Å². The van der Waals surface area contributed by atoms with Crippen molar-refractivity contribution in [3.63, 3.8) is 0 Å². The molecule has 5 aliphatic rings. The first-order valence-electron chi connectivity index (χ1n) is 9.59. The maximum absolute atomic E-state index is 12.2. The molecule has 1 saturated heterocycles. The Morgan fingerprint density at radius 1 is 1.08 bits per heavy atom. The highest BCUT2D eigenvalue weighted by molar-refractivity contribution is 5.96. The molecule has 5 fully saturated rings. The molecule has 0 aromatic heterocycles. The quantitative estimate of drug-likeness (QED) is 0.137. The number of rotatable bonds is 0. The zero-order valence-corrected chi connectivity index (χ0v) is 15.3. The van der Waals surface area contributed by atoms with E-state index in [4.69, 9.17) is 4.74 Å². The average Bonchev–Trinajstić information content (AvgIpc) is 3.11. The van der Waals surface area contributed by atoms with E-state index in [2.05, 4.69) is 25.2 Å². The van der Waals surface area contributed by atoms with Crippen molar-refractivity contribution in [2.24, 2.45) is 40.8 Å². The molecule has 0 amide bonds. The Hall–Kier alpha value is -0.830. The Bertz CT molecular complexity index is 666. The molecular weight excluding hydrogens is 336 g/mol. The SMILES string of the molecule is C=C1CCC2C3CCC45OC4(O)C(=O)C(O)(O)CC5C3CCC12C.NN. The maximum atomic E-state index is 12.2. The number of ketones is 1. The van der Waals surface area contributed by atoms with E-state index < -0.39 is 23.0 Å². The molecular formula is C19H30N2O5. The number of ether oxygens (including phenoxy) is 1. The number of hydrazine groups is 1. The van der Waals surface area contributed by atoms with Crippen molar-refractivity contribution in [3.8, 4) is 0 Å². The van der Waals surface area contributed by atoms with Crippen LogP contribution in [0.2, 0.25) is 0 Å². The minimum atomic E-state index is -2.47. The third kappa shape index (κ3) is 1.96. The number of allylic oxidation sites excluding steroid dienone is 1. The summed E-state index contributed by atoms with van der Waals surface area (Å²) in [6, 6.07) is 0. The summed E-state index contributed by atoms with van der Waals surface area (Å²) in [6.07, 6.45) is 5.84. The van der Waals surface area contributed by atoms with Gasteiger partial charge in [-0.2, -0.15) is 0 Å². The van der Waals surface area contributed by atoms with Crippen LogP contribution in [0.15, 0.2) is 12.2 Å².